The Hall–Kier alpha value is -2.93. The molecule has 1 aromatic heterocycles. The summed E-state index contributed by atoms with van der Waals surface area (Å²) in [4.78, 5) is 28.1. The van der Waals surface area contributed by atoms with Gasteiger partial charge in [-0.1, -0.05) is 53.8 Å². The monoisotopic (exact) mass is 494 g/mol. The van der Waals surface area contributed by atoms with E-state index in [0.717, 1.165) is 24.0 Å². The van der Waals surface area contributed by atoms with Crippen LogP contribution in [0.1, 0.15) is 40.7 Å². The van der Waals surface area contributed by atoms with Crippen molar-refractivity contribution in [3.8, 4) is 6.07 Å². The molecular weight excluding hydrogens is 468 g/mol. The van der Waals surface area contributed by atoms with Gasteiger partial charge in [0.1, 0.15) is 21.8 Å². The van der Waals surface area contributed by atoms with E-state index in [1.165, 1.54) is 16.3 Å². The van der Waals surface area contributed by atoms with Gasteiger partial charge in [0.2, 0.25) is 0 Å². The Kier molecular flexibility index (Phi) is 7.22. The number of carbonyl (C=O) groups excluding carboxylic acids is 1. The SMILES string of the molecule is Cc1ccc(CNc2c(/C=C3\SC(=S)N(CC4CCCO4)C3=O)c(C)c(C#N)c(=O)n2C)cc1. The summed E-state index contributed by atoms with van der Waals surface area (Å²) >= 11 is 6.71. The van der Waals surface area contributed by atoms with Gasteiger partial charge < -0.3 is 10.1 Å². The summed E-state index contributed by atoms with van der Waals surface area (Å²) < 4.78 is 7.60. The minimum absolute atomic E-state index is 0.00180. The highest BCUT2D eigenvalue weighted by atomic mass is 32.2. The molecule has 2 saturated heterocycles. The summed E-state index contributed by atoms with van der Waals surface area (Å²) in [7, 11) is 1.63. The van der Waals surface area contributed by atoms with Crippen LogP contribution in [0.25, 0.3) is 6.08 Å². The minimum atomic E-state index is -0.380. The average Bonchev–Trinajstić information content (AvgIpc) is 3.42. The zero-order valence-corrected chi connectivity index (χ0v) is 21.0. The summed E-state index contributed by atoms with van der Waals surface area (Å²) in [5, 5.41) is 13.0. The fraction of sp³-hybridized carbons (Fsp3) is 0.360. The van der Waals surface area contributed by atoms with Crippen molar-refractivity contribution in [2.75, 3.05) is 18.5 Å². The van der Waals surface area contributed by atoms with Crippen molar-refractivity contribution < 1.29 is 9.53 Å². The second-order valence-corrected chi connectivity index (χ2v) is 10.2. The van der Waals surface area contributed by atoms with E-state index in [2.05, 4.69) is 5.32 Å². The van der Waals surface area contributed by atoms with Gasteiger partial charge in [-0.15, -0.1) is 0 Å². The largest absolute Gasteiger partial charge is 0.376 e. The number of benzene rings is 1. The van der Waals surface area contributed by atoms with Crippen LogP contribution in [0.3, 0.4) is 0 Å². The molecule has 0 bridgehead atoms. The number of anilines is 1. The molecule has 0 saturated carbocycles. The van der Waals surface area contributed by atoms with Gasteiger partial charge in [-0.3, -0.25) is 19.1 Å². The molecule has 1 amide bonds. The molecular formula is C25H26N4O3S2. The van der Waals surface area contributed by atoms with Crippen LogP contribution in [0.4, 0.5) is 5.82 Å². The number of pyridine rings is 1. The topological polar surface area (TPSA) is 87.4 Å². The number of nitrogens with one attached hydrogen (secondary N) is 1. The maximum Gasteiger partial charge on any atom is 0.270 e. The van der Waals surface area contributed by atoms with Crippen LogP contribution in [-0.2, 0) is 23.1 Å². The summed E-state index contributed by atoms with van der Waals surface area (Å²) in [5.74, 6) is 0.369. The summed E-state index contributed by atoms with van der Waals surface area (Å²) in [6, 6.07) is 10.1. The van der Waals surface area contributed by atoms with Crippen molar-refractivity contribution in [2.24, 2.45) is 7.05 Å². The van der Waals surface area contributed by atoms with Gasteiger partial charge >= 0.3 is 0 Å². The maximum atomic E-state index is 13.2. The Morgan fingerprint density at radius 3 is 2.68 bits per heavy atom. The Balaban J connectivity index is 1.70. The van der Waals surface area contributed by atoms with Gasteiger partial charge in [0.05, 0.1) is 17.6 Å². The van der Waals surface area contributed by atoms with Gasteiger partial charge in [-0.2, -0.15) is 5.26 Å². The fourth-order valence-corrected chi connectivity index (χ4v) is 5.37. The second-order valence-electron chi connectivity index (χ2n) is 8.50. The summed E-state index contributed by atoms with van der Waals surface area (Å²) in [6.07, 6.45) is 3.63. The van der Waals surface area contributed by atoms with Gasteiger partial charge in [-0.05, 0) is 43.9 Å². The van der Waals surface area contributed by atoms with E-state index >= 15 is 0 Å². The lowest BCUT2D eigenvalue weighted by Crippen LogP contribution is -2.35. The van der Waals surface area contributed by atoms with Gasteiger partial charge in [0.15, 0.2) is 0 Å². The number of thiocarbonyl (C=S) groups is 1. The third-order valence-electron chi connectivity index (χ3n) is 6.14. The van der Waals surface area contributed by atoms with Gasteiger partial charge in [0, 0.05) is 25.8 Å². The molecule has 0 radical (unpaired) electrons. The predicted molar refractivity (Wildman–Crippen MR) is 138 cm³/mol. The van der Waals surface area contributed by atoms with Crippen molar-refractivity contribution in [3.63, 3.8) is 0 Å². The highest BCUT2D eigenvalue weighted by Gasteiger charge is 2.35. The summed E-state index contributed by atoms with van der Waals surface area (Å²) in [5.41, 5.74) is 3.05. The average molecular weight is 495 g/mol. The van der Waals surface area contributed by atoms with Crippen molar-refractivity contribution in [1.29, 1.82) is 5.26 Å². The molecule has 1 unspecified atom stereocenters. The van der Waals surface area contributed by atoms with E-state index in [0.29, 0.717) is 45.9 Å². The summed E-state index contributed by atoms with van der Waals surface area (Å²) in [6.45, 7) is 5.39. The van der Waals surface area contributed by atoms with E-state index in [1.54, 1.807) is 24.9 Å². The molecule has 3 heterocycles. The number of nitrogens with zero attached hydrogens (tertiary/aromatic N) is 3. The number of thioether (sulfide) groups is 1. The number of aryl methyl sites for hydroxylation is 1. The number of nitriles is 1. The van der Waals surface area contributed by atoms with Crippen molar-refractivity contribution >= 4 is 46.1 Å². The lowest BCUT2D eigenvalue weighted by molar-refractivity contribution is -0.123. The van der Waals surface area contributed by atoms with E-state index in [9.17, 15) is 14.9 Å². The molecule has 1 atom stereocenters. The van der Waals surface area contributed by atoms with Crippen LogP contribution < -0.4 is 10.9 Å². The van der Waals surface area contributed by atoms with Gasteiger partial charge in [-0.25, -0.2) is 0 Å². The minimum Gasteiger partial charge on any atom is -0.376 e. The molecule has 2 aromatic rings. The molecule has 0 spiro atoms. The second kappa shape index (κ2) is 10.1. The highest BCUT2D eigenvalue weighted by molar-refractivity contribution is 8.26. The Morgan fingerprint density at radius 2 is 2.03 bits per heavy atom. The van der Waals surface area contributed by atoms with Crippen LogP contribution >= 0.6 is 24.0 Å². The number of hydrogen-bond acceptors (Lipinski definition) is 7. The lowest BCUT2D eigenvalue weighted by atomic mass is 10.0. The molecule has 2 aliphatic rings. The predicted octanol–water partition coefficient (Wildman–Crippen LogP) is 3.87. The number of ether oxygens (including phenoxy) is 1. The molecule has 9 heteroatoms. The van der Waals surface area contributed by atoms with Crippen molar-refractivity contribution in [1.82, 2.24) is 9.47 Å². The Labute approximate surface area is 208 Å². The van der Waals surface area contributed by atoms with E-state index < -0.39 is 0 Å². The number of aromatic nitrogens is 1. The first-order valence-electron chi connectivity index (χ1n) is 11.1. The number of rotatable bonds is 6. The van der Waals surface area contributed by atoms with Gasteiger partial charge in [0.25, 0.3) is 11.5 Å². The zero-order chi connectivity index (χ0) is 24.4. The molecule has 7 nitrogen and oxygen atoms in total. The highest BCUT2D eigenvalue weighted by Crippen LogP contribution is 2.35. The van der Waals surface area contributed by atoms with Crippen LogP contribution in [0, 0.1) is 25.2 Å². The molecule has 4 rings (SSSR count). The quantitative estimate of drug-likeness (QED) is 0.482. The normalized spacial score (nSPS) is 19.2. The molecule has 1 N–H and O–H groups in total. The van der Waals surface area contributed by atoms with Crippen molar-refractivity contribution in [3.05, 3.63) is 67.3 Å². The number of carbonyl (C=O) groups is 1. The third kappa shape index (κ3) is 4.80. The van der Waals surface area contributed by atoms with Crippen LogP contribution in [-0.4, -0.2) is 39.0 Å². The van der Waals surface area contributed by atoms with Crippen LogP contribution in [0.2, 0.25) is 0 Å². The molecule has 0 aliphatic carbocycles. The maximum absolute atomic E-state index is 13.2. The first-order chi connectivity index (χ1) is 16.3. The lowest BCUT2D eigenvalue weighted by Gasteiger charge is -2.19. The number of amides is 1. The van der Waals surface area contributed by atoms with Crippen LogP contribution in [0.5, 0.6) is 0 Å². The first kappa shape index (κ1) is 24.2. The third-order valence-corrected chi connectivity index (χ3v) is 7.52. The Morgan fingerprint density at radius 1 is 1.29 bits per heavy atom. The molecule has 2 fully saturated rings. The Bertz CT molecular complexity index is 1270. The van der Waals surface area contributed by atoms with Crippen molar-refractivity contribution in [2.45, 2.75) is 39.3 Å². The smallest absolute Gasteiger partial charge is 0.270 e. The molecule has 34 heavy (non-hydrogen) atoms. The first-order valence-corrected chi connectivity index (χ1v) is 12.3. The van der Waals surface area contributed by atoms with E-state index in [4.69, 9.17) is 17.0 Å². The van der Waals surface area contributed by atoms with E-state index in [1.807, 2.05) is 37.3 Å². The fourth-order valence-electron chi connectivity index (χ4n) is 4.12. The zero-order valence-electron chi connectivity index (χ0n) is 19.4. The molecule has 176 valence electrons. The van der Waals surface area contributed by atoms with E-state index in [-0.39, 0.29) is 23.1 Å². The molecule has 2 aliphatic heterocycles. The van der Waals surface area contributed by atoms with Crippen LogP contribution in [0.15, 0.2) is 34.0 Å². The number of hydrogen-bond donors (Lipinski definition) is 1. The standard InChI is InChI=1S/C25H26N4O3S2/c1-15-6-8-17(9-7-15)13-27-22-19(16(2)20(12-26)23(30)28(22)3)11-21-24(31)29(25(33)34-21)14-18-5-4-10-32-18/h6-9,11,18,27H,4-5,10,13-14H2,1-3H3/b21-11-. The molecule has 1 aromatic carbocycles.